The molecule has 0 amide bonds. The van der Waals surface area contributed by atoms with Crippen LogP contribution in [-0.4, -0.2) is 0 Å². The van der Waals surface area contributed by atoms with Gasteiger partial charge in [0.05, 0.1) is 0 Å². The van der Waals surface area contributed by atoms with E-state index in [0.717, 1.165) is 58.3 Å². The van der Waals surface area contributed by atoms with Gasteiger partial charge in [0, 0.05) is 91.5 Å². The number of para-hydroxylation sites is 3. The summed E-state index contributed by atoms with van der Waals surface area (Å²) in [6, 6.07) is 90.6. The van der Waals surface area contributed by atoms with Gasteiger partial charge in [-0.2, -0.15) is 0 Å². The average molecular weight is 946 g/mol. The normalized spacial score (nSPS) is 12.6. The van der Waals surface area contributed by atoms with Crippen LogP contribution in [0.2, 0.25) is 0 Å². The first-order chi connectivity index (χ1) is 35.2. The summed E-state index contributed by atoms with van der Waals surface area (Å²) in [4.78, 5) is 7.23. The zero-order chi connectivity index (χ0) is 47.1. The van der Waals surface area contributed by atoms with Crippen molar-refractivity contribution in [2.75, 3.05) is 14.7 Å². The Hall–Kier alpha value is -8.48. The number of hydrogen-bond acceptors (Lipinski definition) is 5. The quantitative estimate of drug-likeness (QED) is 0.128. The topological polar surface area (TPSA) is 9.72 Å². The van der Waals surface area contributed by atoms with E-state index in [1.54, 1.807) is 0 Å². The van der Waals surface area contributed by atoms with Crippen molar-refractivity contribution in [3.05, 3.63) is 272 Å². The summed E-state index contributed by atoms with van der Waals surface area (Å²) in [5.41, 5.74) is 15.2. The maximum Gasteiger partial charge on any atom is 0.0468 e. The van der Waals surface area contributed by atoms with Crippen LogP contribution in [0.25, 0.3) is 57.0 Å². The van der Waals surface area contributed by atoms with Crippen LogP contribution in [0.5, 0.6) is 0 Å². The van der Waals surface area contributed by atoms with E-state index in [-0.39, 0.29) is 0 Å². The molecule has 0 unspecified atom stereocenters. The highest BCUT2D eigenvalue weighted by molar-refractivity contribution is 7.26. The molecule has 0 fully saturated rings. The molecule has 338 valence electrons. The summed E-state index contributed by atoms with van der Waals surface area (Å²) in [6.07, 6.45) is 6.80. The minimum Gasteiger partial charge on any atom is -0.311 e. The molecule has 0 radical (unpaired) electrons. The van der Waals surface area contributed by atoms with E-state index in [4.69, 9.17) is 0 Å². The van der Waals surface area contributed by atoms with Gasteiger partial charge in [-0.25, -0.2) is 0 Å². The van der Waals surface area contributed by atoms with Crippen LogP contribution in [0.3, 0.4) is 0 Å². The molecule has 0 atom stereocenters. The highest BCUT2D eigenvalue weighted by Crippen LogP contribution is 2.47. The molecule has 71 heavy (non-hydrogen) atoms. The van der Waals surface area contributed by atoms with Gasteiger partial charge >= 0.3 is 0 Å². The second-order valence-electron chi connectivity index (χ2n) is 18.1. The minimum absolute atomic E-state index is 0.992. The standard InChI is InChI=1S/C66H47N3S2/c1-6-18-46(19-7-1)48-22-16-30-53(40-48)67(50-24-10-3-11-25-50)55-32-36-63-59(42-55)61-44-57(34-38-65(61)70-63)69(52-28-14-5-15-29-52)58-35-39-66-62(45-58)60-43-56(33-37-64(60)71-66)68(51-26-12-4-13-27-51)54-31-17-23-49(41-54)47-20-8-2-9-21-47/h1-16,18-22,24-45H,17,23H2. The van der Waals surface area contributed by atoms with E-state index in [2.05, 4.69) is 276 Å². The Kier molecular flexibility index (Phi) is 11.1. The molecular formula is C66H47N3S2. The van der Waals surface area contributed by atoms with Crippen molar-refractivity contribution in [1.82, 2.24) is 0 Å². The van der Waals surface area contributed by atoms with Crippen LogP contribution in [0, 0.1) is 0 Å². The molecule has 0 aliphatic heterocycles. The molecule has 1 aliphatic carbocycles. The van der Waals surface area contributed by atoms with Gasteiger partial charge in [-0.3, -0.25) is 0 Å². The lowest BCUT2D eigenvalue weighted by molar-refractivity contribution is 1.01. The fourth-order valence-corrected chi connectivity index (χ4v) is 12.4. The Balaban J connectivity index is 0.920. The largest absolute Gasteiger partial charge is 0.311 e. The van der Waals surface area contributed by atoms with Crippen molar-refractivity contribution in [3.8, 4) is 11.1 Å². The number of hydrogen-bond donors (Lipinski definition) is 0. The SMILES string of the molecule is C1=C(c2ccccc2)CCC=C1N(c1ccccc1)c1ccc2sc3ccc(N(c4ccccc4)c4ccc5sc6ccc(N(c7ccccc7)c7cccc(-c8ccccc8)c7)cc6c5c4)cc3c2c1. The van der Waals surface area contributed by atoms with E-state index >= 15 is 0 Å². The summed E-state index contributed by atoms with van der Waals surface area (Å²) < 4.78 is 5.07. The van der Waals surface area contributed by atoms with Crippen LogP contribution in [0.15, 0.2) is 267 Å². The molecule has 2 heterocycles. The van der Waals surface area contributed by atoms with Crippen molar-refractivity contribution < 1.29 is 0 Å². The molecule has 0 saturated heterocycles. The van der Waals surface area contributed by atoms with Crippen LogP contribution < -0.4 is 14.7 Å². The molecule has 0 saturated carbocycles. The molecule has 2 aromatic heterocycles. The maximum absolute atomic E-state index is 2.43. The lowest BCUT2D eigenvalue weighted by Crippen LogP contribution is -2.16. The first-order valence-electron chi connectivity index (χ1n) is 24.3. The summed E-state index contributed by atoms with van der Waals surface area (Å²) in [6.45, 7) is 0. The Morgan fingerprint density at radius 3 is 1.08 bits per heavy atom. The number of anilines is 8. The summed E-state index contributed by atoms with van der Waals surface area (Å²) in [5, 5.41) is 4.99. The van der Waals surface area contributed by atoms with Gasteiger partial charge in [0.2, 0.25) is 0 Å². The first-order valence-corrected chi connectivity index (χ1v) is 25.9. The third-order valence-electron chi connectivity index (χ3n) is 13.7. The minimum atomic E-state index is 0.992. The summed E-state index contributed by atoms with van der Waals surface area (Å²) in [5.74, 6) is 0. The van der Waals surface area contributed by atoms with Gasteiger partial charge in [0.1, 0.15) is 0 Å². The molecule has 12 aromatic rings. The zero-order valence-electron chi connectivity index (χ0n) is 38.9. The van der Waals surface area contributed by atoms with Gasteiger partial charge in [0.15, 0.2) is 0 Å². The lowest BCUT2D eigenvalue weighted by atomic mass is 9.95. The summed E-state index contributed by atoms with van der Waals surface area (Å²) >= 11 is 3.72. The van der Waals surface area contributed by atoms with Crippen LogP contribution in [0.1, 0.15) is 18.4 Å². The Morgan fingerprint density at radius 1 is 0.282 bits per heavy atom. The van der Waals surface area contributed by atoms with Crippen molar-refractivity contribution in [2.24, 2.45) is 0 Å². The number of nitrogens with zero attached hydrogens (tertiary/aromatic N) is 3. The number of thiophene rings is 2. The zero-order valence-corrected chi connectivity index (χ0v) is 40.5. The summed E-state index contributed by atoms with van der Waals surface area (Å²) in [7, 11) is 0. The number of fused-ring (bicyclic) bond motifs is 6. The fourth-order valence-electron chi connectivity index (χ4n) is 10.3. The Morgan fingerprint density at radius 2 is 0.634 bits per heavy atom. The van der Waals surface area contributed by atoms with E-state index in [1.165, 1.54) is 68.3 Å². The van der Waals surface area contributed by atoms with Crippen molar-refractivity contribution in [2.45, 2.75) is 12.8 Å². The number of benzene rings is 10. The van der Waals surface area contributed by atoms with Crippen LogP contribution in [-0.2, 0) is 0 Å². The molecule has 10 aromatic carbocycles. The average Bonchev–Trinajstić information content (AvgIpc) is 4.00. The second kappa shape index (κ2) is 18.4. The number of rotatable bonds is 11. The van der Waals surface area contributed by atoms with Crippen molar-refractivity contribution in [3.63, 3.8) is 0 Å². The van der Waals surface area contributed by atoms with E-state index in [0.29, 0.717) is 0 Å². The van der Waals surface area contributed by atoms with E-state index in [1.807, 2.05) is 22.7 Å². The third-order valence-corrected chi connectivity index (χ3v) is 16.0. The number of allylic oxidation sites excluding steroid dienone is 3. The predicted octanol–water partition coefficient (Wildman–Crippen LogP) is 19.9. The molecular weight excluding hydrogens is 899 g/mol. The van der Waals surface area contributed by atoms with Crippen LogP contribution >= 0.6 is 22.7 Å². The highest BCUT2D eigenvalue weighted by Gasteiger charge is 2.22. The molecule has 0 N–H and O–H groups in total. The predicted molar refractivity (Wildman–Crippen MR) is 307 cm³/mol. The third kappa shape index (κ3) is 8.15. The van der Waals surface area contributed by atoms with Gasteiger partial charge in [0.25, 0.3) is 0 Å². The van der Waals surface area contributed by atoms with E-state index in [9.17, 15) is 0 Å². The van der Waals surface area contributed by atoms with Gasteiger partial charge in [-0.1, -0.05) is 133 Å². The fraction of sp³-hybridized carbons (Fsp3) is 0.0303. The van der Waals surface area contributed by atoms with E-state index < -0.39 is 0 Å². The Labute approximate surface area is 422 Å². The second-order valence-corrected chi connectivity index (χ2v) is 20.2. The molecule has 3 nitrogen and oxygen atoms in total. The van der Waals surface area contributed by atoms with Crippen LogP contribution in [0.4, 0.5) is 45.5 Å². The van der Waals surface area contributed by atoms with Gasteiger partial charge < -0.3 is 14.7 Å². The van der Waals surface area contributed by atoms with Gasteiger partial charge in [-0.05, 0) is 163 Å². The Bertz CT molecular complexity index is 3930. The van der Waals surface area contributed by atoms with Crippen molar-refractivity contribution >= 4 is 114 Å². The lowest BCUT2D eigenvalue weighted by Gasteiger charge is -2.29. The monoisotopic (exact) mass is 945 g/mol. The highest BCUT2D eigenvalue weighted by atomic mass is 32.1. The van der Waals surface area contributed by atoms with Crippen molar-refractivity contribution in [1.29, 1.82) is 0 Å². The molecule has 0 spiro atoms. The van der Waals surface area contributed by atoms with Gasteiger partial charge in [-0.15, -0.1) is 22.7 Å². The first kappa shape index (κ1) is 42.6. The molecule has 1 aliphatic rings. The molecule has 0 bridgehead atoms. The maximum atomic E-state index is 2.43. The smallest absolute Gasteiger partial charge is 0.0468 e. The molecule has 5 heteroatoms. The molecule has 13 rings (SSSR count).